The Balaban J connectivity index is 2.26. The first-order valence-corrected chi connectivity index (χ1v) is 3.45. The number of hydrogen-bond donors (Lipinski definition) is 1. The van der Waals surface area contributed by atoms with Gasteiger partial charge in [-0.2, -0.15) is 0 Å². The van der Waals surface area contributed by atoms with E-state index in [9.17, 15) is 0 Å². The van der Waals surface area contributed by atoms with Gasteiger partial charge in [-0.15, -0.1) is 0 Å². The standard InChI is InChI=1S/C7H15N/c1-5(2)7-4-8-6(7)3/h5-8H,4H2,1-3H3. The van der Waals surface area contributed by atoms with Crippen molar-refractivity contribution in [3.05, 3.63) is 0 Å². The van der Waals surface area contributed by atoms with Gasteiger partial charge in [0.25, 0.3) is 0 Å². The molecule has 0 aromatic carbocycles. The lowest BCUT2D eigenvalue weighted by molar-refractivity contribution is 0.187. The van der Waals surface area contributed by atoms with Crippen LogP contribution in [-0.4, -0.2) is 12.6 Å². The van der Waals surface area contributed by atoms with Crippen LogP contribution in [0, 0.1) is 11.8 Å². The molecule has 1 saturated heterocycles. The molecule has 0 aromatic rings. The van der Waals surface area contributed by atoms with Crippen LogP contribution in [0.1, 0.15) is 20.8 Å². The van der Waals surface area contributed by atoms with Crippen molar-refractivity contribution in [2.24, 2.45) is 11.8 Å². The summed E-state index contributed by atoms with van der Waals surface area (Å²) in [6.07, 6.45) is 0. The average molecular weight is 113 g/mol. The van der Waals surface area contributed by atoms with Crippen molar-refractivity contribution in [2.45, 2.75) is 26.8 Å². The van der Waals surface area contributed by atoms with Crippen LogP contribution in [0.5, 0.6) is 0 Å². The Bertz CT molecular complexity index is 73.7. The molecular formula is C7H15N. The van der Waals surface area contributed by atoms with Gasteiger partial charge in [-0.25, -0.2) is 0 Å². The number of rotatable bonds is 1. The molecule has 0 aliphatic carbocycles. The summed E-state index contributed by atoms with van der Waals surface area (Å²) in [6, 6.07) is 0.773. The van der Waals surface area contributed by atoms with Crippen molar-refractivity contribution < 1.29 is 0 Å². The molecule has 0 amide bonds. The van der Waals surface area contributed by atoms with E-state index < -0.39 is 0 Å². The zero-order chi connectivity index (χ0) is 6.15. The van der Waals surface area contributed by atoms with Gasteiger partial charge in [0.05, 0.1) is 0 Å². The van der Waals surface area contributed by atoms with E-state index in [4.69, 9.17) is 0 Å². The fourth-order valence-electron chi connectivity index (χ4n) is 1.30. The maximum atomic E-state index is 3.34. The Morgan fingerprint density at radius 2 is 2.12 bits per heavy atom. The minimum Gasteiger partial charge on any atom is -0.314 e. The van der Waals surface area contributed by atoms with Crippen molar-refractivity contribution in [3.8, 4) is 0 Å². The van der Waals surface area contributed by atoms with E-state index in [-0.39, 0.29) is 0 Å². The van der Waals surface area contributed by atoms with Gasteiger partial charge in [0.15, 0.2) is 0 Å². The highest BCUT2D eigenvalue weighted by atomic mass is 15.0. The molecule has 1 N–H and O–H groups in total. The molecule has 2 unspecified atom stereocenters. The molecule has 1 fully saturated rings. The monoisotopic (exact) mass is 113 g/mol. The molecule has 2 atom stereocenters. The molecular weight excluding hydrogens is 98.1 g/mol. The lowest BCUT2D eigenvalue weighted by atomic mass is 9.83. The second-order valence-corrected chi connectivity index (χ2v) is 3.10. The minimum atomic E-state index is 0.773. The fraction of sp³-hybridized carbons (Fsp3) is 1.00. The first kappa shape index (κ1) is 6.09. The summed E-state index contributed by atoms with van der Waals surface area (Å²) in [5, 5.41) is 3.34. The largest absolute Gasteiger partial charge is 0.314 e. The molecule has 1 heterocycles. The van der Waals surface area contributed by atoms with Crippen LogP contribution < -0.4 is 5.32 Å². The van der Waals surface area contributed by atoms with Gasteiger partial charge in [-0.05, 0) is 25.3 Å². The SMILES string of the molecule is CC(C)C1CNC1C. The summed E-state index contributed by atoms with van der Waals surface area (Å²) in [5.41, 5.74) is 0. The van der Waals surface area contributed by atoms with Crippen LogP contribution in [0.3, 0.4) is 0 Å². The number of nitrogens with one attached hydrogen (secondary N) is 1. The van der Waals surface area contributed by atoms with E-state index >= 15 is 0 Å². The summed E-state index contributed by atoms with van der Waals surface area (Å²) >= 11 is 0. The van der Waals surface area contributed by atoms with Crippen LogP contribution in [0.2, 0.25) is 0 Å². The van der Waals surface area contributed by atoms with Crippen LogP contribution in [0.15, 0.2) is 0 Å². The molecule has 1 aliphatic rings. The summed E-state index contributed by atoms with van der Waals surface area (Å²) in [6.45, 7) is 8.08. The van der Waals surface area contributed by atoms with E-state index in [1.807, 2.05) is 0 Å². The minimum absolute atomic E-state index is 0.773. The first-order chi connectivity index (χ1) is 3.72. The van der Waals surface area contributed by atoms with Crippen molar-refractivity contribution in [1.82, 2.24) is 5.32 Å². The summed E-state index contributed by atoms with van der Waals surface area (Å²) in [5.74, 6) is 1.81. The van der Waals surface area contributed by atoms with E-state index in [0.29, 0.717) is 0 Å². The van der Waals surface area contributed by atoms with Gasteiger partial charge in [0, 0.05) is 6.04 Å². The molecule has 0 bridgehead atoms. The topological polar surface area (TPSA) is 12.0 Å². The molecule has 1 nitrogen and oxygen atoms in total. The normalized spacial score (nSPS) is 37.5. The molecule has 1 aliphatic heterocycles. The summed E-state index contributed by atoms with van der Waals surface area (Å²) in [4.78, 5) is 0. The van der Waals surface area contributed by atoms with Crippen LogP contribution in [0.4, 0.5) is 0 Å². The van der Waals surface area contributed by atoms with Crippen molar-refractivity contribution in [3.63, 3.8) is 0 Å². The van der Waals surface area contributed by atoms with Gasteiger partial charge in [-0.3, -0.25) is 0 Å². The Labute approximate surface area is 51.5 Å². The third kappa shape index (κ3) is 0.873. The van der Waals surface area contributed by atoms with Crippen LogP contribution >= 0.6 is 0 Å². The molecule has 1 heteroatoms. The predicted octanol–water partition coefficient (Wildman–Crippen LogP) is 1.25. The van der Waals surface area contributed by atoms with Gasteiger partial charge >= 0.3 is 0 Å². The fourth-order valence-corrected chi connectivity index (χ4v) is 1.30. The van der Waals surface area contributed by atoms with E-state index in [0.717, 1.165) is 17.9 Å². The Morgan fingerprint density at radius 3 is 2.12 bits per heavy atom. The average Bonchev–Trinajstić information content (AvgIpc) is 1.61. The highest BCUT2D eigenvalue weighted by Gasteiger charge is 2.27. The summed E-state index contributed by atoms with van der Waals surface area (Å²) < 4.78 is 0. The zero-order valence-electron chi connectivity index (χ0n) is 5.94. The van der Waals surface area contributed by atoms with Gasteiger partial charge < -0.3 is 5.32 Å². The molecule has 8 heavy (non-hydrogen) atoms. The Morgan fingerprint density at radius 1 is 1.50 bits per heavy atom. The van der Waals surface area contributed by atoms with Crippen LogP contribution in [-0.2, 0) is 0 Å². The smallest absolute Gasteiger partial charge is 0.00816 e. The van der Waals surface area contributed by atoms with Crippen molar-refractivity contribution in [2.75, 3.05) is 6.54 Å². The number of hydrogen-bond acceptors (Lipinski definition) is 1. The van der Waals surface area contributed by atoms with Gasteiger partial charge in [-0.1, -0.05) is 13.8 Å². The van der Waals surface area contributed by atoms with Crippen LogP contribution in [0.25, 0.3) is 0 Å². The molecule has 0 aromatic heterocycles. The highest BCUT2D eigenvalue weighted by Crippen LogP contribution is 2.20. The predicted molar refractivity (Wildman–Crippen MR) is 35.8 cm³/mol. The van der Waals surface area contributed by atoms with E-state index in [1.165, 1.54) is 6.54 Å². The van der Waals surface area contributed by atoms with Gasteiger partial charge in [0.2, 0.25) is 0 Å². The molecule has 0 saturated carbocycles. The Hall–Kier alpha value is -0.0400. The maximum absolute atomic E-state index is 3.34. The third-order valence-corrected chi connectivity index (χ3v) is 2.17. The summed E-state index contributed by atoms with van der Waals surface area (Å²) in [7, 11) is 0. The quantitative estimate of drug-likeness (QED) is 0.539. The van der Waals surface area contributed by atoms with E-state index in [2.05, 4.69) is 26.1 Å². The maximum Gasteiger partial charge on any atom is 0.00816 e. The Kier molecular flexibility index (Phi) is 1.57. The van der Waals surface area contributed by atoms with Crippen molar-refractivity contribution >= 4 is 0 Å². The lowest BCUT2D eigenvalue weighted by Gasteiger charge is -2.38. The third-order valence-electron chi connectivity index (χ3n) is 2.17. The van der Waals surface area contributed by atoms with E-state index in [1.54, 1.807) is 0 Å². The second kappa shape index (κ2) is 2.06. The molecule has 0 spiro atoms. The zero-order valence-corrected chi connectivity index (χ0v) is 5.94. The second-order valence-electron chi connectivity index (χ2n) is 3.10. The molecule has 48 valence electrons. The van der Waals surface area contributed by atoms with Gasteiger partial charge in [0.1, 0.15) is 0 Å². The van der Waals surface area contributed by atoms with Crippen molar-refractivity contribution in [1.29, 1.82) is 0 Å². The lowest BCUT2D eigenvalue weighted by Crippen LogP contribution is -2.53. The molecule has 0 radical (unpaired) electrons. The molecule has 1 rings (SSSR count). The first-order valence-electron chi connectivity index (χ1n) is 3.45. The highest BCUT2D eigenvalue weighted by molar-refractivity contribution is 4.85.